The van der Waals surface area contributed by atoms with Gasteiger partial charge < -0.3 is 19.3 Å². The first-order valence-corrected chi connectivity index (χ1v) is 10.9. The molecule has 4 rings (SSSR count). The first-order valence-electron chi connectivity index (χ1n) is 9.88. The number of carbonyl (C=O) groups excluding carboxylic acids is 1. The number of hydrogen-bond acceptors (Lipinski definition) is 5. The molecule has 11 heteroatoms. The molecule has 2 saturated heterocycles. The molecule has 174 valence electrons. The number of hydrogen-bond donors (Lipinski definition) is 1. The highest BCUT2D eigenvalue weighted by Gasteiger charge is 2.51. The summed E-state index contributed by atoms with van der Waals surface area (Å²) < 4.78 is 39.9. The average molecular weight is 472 g/mol. The van der Waals surface area contributed by atoms with Crippen molar-refractivity contribution in [2.45, 2.75) is 37.0 Å². The van der Waals surface area contributed by atoms with Gasteiger partial charge in [0.15, 0.2) is 0 Å². The summed E-state index contributed by atoms with van der Waals surface area (Å²) in [6, 6.07) is 9.82. The number of carboxylic acid groups (broad SMARTS) is 1. The largest absolute Gasteiger partial charge is 0.490 e. The van der Waals surface area contributed by atoms with Crippen molar-refractivity contribution in [3.8, 4) is 0 Å². The standard InChI is InChI=1S/C19H23N3O2S.C2HF3O2/c1-14-5-3-6-15(20-14)10-24-16-9-19(25-11-16)12-22(13-19)18(23)17-7-4-8-21(17)2;3-2(4,5)1(6)7/h3-8,16H,9-13H2,1-2H3;(H,6,7). The summed E-state index contributed by atoms with van der Waals surface area (Å²) in [7, 11) is 1.91. The molecule has 7 nitrogen and oxygen atoms in total. The zero-order valence-corrected chi connectivity index (χ0v) is 18.4. The van der Waals surface area contributed by atoms with E-state index in [2.05, 4.69) is 4.98 Å². The van der Waals surface area contributed by atoms with Gasteiger partial charge in [0.1, 0.15) is 5.69 Å². The number of carbonyl (C=O) groups is 2. The van der Waals surface area contributed by atoms with Gasteiger partial charge in [0, 0.05) is 37.8 Å². The van der Waals surface area contributed by atoms with Crippen molar-refractivity contribution in [1.82, 2.24) is 14.5 Å². The zero-order valence-electron chi connectivity index (χ0n) is 17.6. The number of nitrogens with zero attached hydrogens (tertiary/aromatic N) is 3. The monoisotopic (exact) mass is 471 g/mol. The molecule has 0 radical (unpaired) electrons. The molecule has 1 atom stereocenters. The van der Waals surface area contributed by atoms with E-state index in [0.717, 1.165) is 42.3 Å². The summed E-state index contributed by atoms with van der Waals surface area (Å²) >= 11 is 1.95. The van der Waals surface area contributed by atoms with E-state index in [1.54, 1.807) is 0 Å². The van der Waals surface area contributed by atoms with Crippen molar-refractivity contribution in [3.05, 3.63) is 53.6 Å². The number of alkyl halides is 3. The fourth-order valence-corrected chi connectivity index (χ4v) is 5.20. The van der Waals surface area contributed by atoms with E-state index in [-0.39, 0.29) is 16.8 Å². The van der Waals surface area contributed by atoms with Crippen molar-refractivity contribution in [3.63, 3.8) is 0 Å². The van der Waals surface area contributed by atoms with E-state index in [1.165, 1.54) is 0 Å². The molecule has 0 aromatic carbocycles. The Bertz CT molecular complexity index is 973. The maximum absolute atomic E-state index is 12.5. The molecular weight excluding hydrogens is 447 g/mol. The highest BCUT2D eigenvalue weighted by Crippen LogP contribution is 2.46. The van der Waals surface area contributed by atoms with Crippen molar-refractivity contribution in [2.75, 3.05) is 18.8 Å². The summed E-state index contributed by atoms with van der Waals surface area (Å²) in [4.78, 5) is 27.9. The molecule has 32 heavy (non-hydrogen) atoms. The second-order valence-corrected chi connectivity index (χ2v) is 9.36. The van der Waals surface area contributed by atoms with Crippen LogP contribution in [0, 0.1) is 6.92 Å². The molecule has 2 aliphatic rings. The van der Waals surface area contributed by atoms with Crippen molar-refractivity contribution < 1.29 is 32.6 Å². The minimum Gasteiger partial charge on any atom is -0.475 e. The molecular formula is C21H24F3N3O4S. The zero-order chi connectivity index (χ0) is 23.5. The molecule has 0 bridgehead atoms. The van der Waals surface area contributed by atoms with E-state index in [9.17, 15) is 18.0 Å². The molecule has 2 aromatic rings. The highest BCUT2D eigenvalue weighted by molar-refractivity contribution is 8.01. The Kier molecular flexibility index (Phi) is 7.19. The minimum absolute atomic E-state index is 0.132. The van der Waals surface area contributed by atoms with E-state index in [0.29, 0.717) is 6.61 Å². The van der Waals surface area contributed by atoms with Gasteiger partial charge in [-0.1, -0.05) is 6.07 Å². The van der Waals surface area contributed by atoms with Crippen molar-refractivity contribution >= 4 is 23.6 Å². The minimum atomic E-state index is -5.08. The van der Waals surface area contributed by atoms with Crippen molar-refractivity contribution in [1.29, 1.82) is 0 Å². The topological polar surface area (TPSA) is 84.7 Å². The van der Waals surface area contributed by atoms with Gasteiger partial charge >= 0.3 is 12.1 Å². The van der Waals surface area contributed by atoms with Gasteiger partial charge in [-0.05, 0) is 37.6 Å². The average Bonchev–Trinajstić information content (AvgIpc) is 3.31. The Hall–Kier alpha value is -2.53. The Morgan fingerprint density at radius 1 is 1.28 bits per heavy atom. The molecule has 0 aliphatic carbocycles. The maximum Gasteiger partial charge on any atom is 0.490 e. The van der Waals surface area contributed by atoms with Gasteiger partial charge in [-0.2, -0.15) is 13.2 Å². The molecule has 1 spiro atoms. The van der Waals surface area contributed by atoms with Crippen molar-refractivity contribution in [2.24, 2.45) is 7.05 Å². The fraction of sp³-hybridized carbons (Fsp3) is 0.476. The predicted molar refractivity (Wildman–Crippen MR) is 112 cm³/mol. The van der Waals surface area contributed by atoms with E-state index < -0.39 is 12.1 Å². The molecule has 2 aliphatic heterocycles. The number of carboxylic acids is 1. The fourth-order valence-electron chi connectivity index (χ4n) is 3.65. The molecule has 2 fully saturated rings. The maximum atomic E-state index is 12.5. The van der Waals surface area contributed by atoms with Crippen LogP contribution in [0.3, 0.4) is 0 Å². The number of aryl methyl sites for hydroxylation is 2. The number of pyridine rings is 1. The van der Waals surface area contributed by atoms with Crippen LogP contribution in [0.2, 0.25) is 0 Å². The number of ether oxygens (including phenoxy) is 1. The summed E-state index contributed by atoms with van der Waals surface area (Å²) in [6.07, 6.45) is -1.91. The van der Waals surface area contributed by atoms with Crippen LogP contribution in [-0.4, -0.2) is 67.3 Å². The lowest BCUT2D eigenvalue weighted by Crippen LogP contribution is -2.61. The molecule has 1 unspecified atom stereocenters. The van der Waals surface area contributed by atoms with Crippen LogP contribution >= 0.6 is 11.8 Å². The third-order valence-corrected chi connectivity index (χ3v) is 6.81. The second kappa shape index (κ2) is 9.53. The van der Waals surface area contributed by atoms with Crippen LogP contribution in [0.4, 0.5) is 13.2 Å². The third-order valence-electron chi connectivity index (χ3n) is 5.24. The molecule has 1 N–H and O–H groups in total. The lowest BCUT2D eigenvalue weighted by Gasteiger charge is -2.47. The van der Waals surface area contributed by atoms with Gasteiger partial charge in [-0.15, -0.1) is 11.8 Å². The smallest absolute Gasteiger partial charge is 0.475 e. The van der Waals surface area contributed by atoms with Crippen LogP contribution < -0.4 is 0 Å². The molecule has 0 saturated carbocycles. The number of thioether (sulfide) groups is 1. The van der Waals surface area contributed by atoms with Gasteiger partial charge in [-0.25, -0.2) is 4.79 Å². The molecule has 2 aromatic heterocycles. The Morgan fingerprint density at radius 2 is 1.97 bits per heavy atom. The van der Waals surface area contributed by atoms with E-state index in [4.69, 9.17) is 14.6 Å². The Morgan fingerprint density at radius 3 is 2.53 bits per heavy atom. The van der Waals surface area contributed by atoms with Crippen LogP contribution in [0.5, 0.6) is 0 Å². The summed E-state index contributed by atoms with van der Waals surface area (Å²) in [6.45, 7) is 4.21. The quantitative estimate of drug-likeness (QED) is 0.737. The van der Waals surface area contributed by atoms with Crippen LogP contribution in [-0.2, 0) is 23.2 Å². The van der Waals surface area contributed by atoms with E-state index in [1.807, 2.05) is 71.7 Å². The number of halogens is 3. The predicted octanol–water partition coefficient (Wildman–Crippen LogP) is 3.28. The van der Waals surface area contributed by atoms with E-state index >= 15 is 0 Å². The molecule has 4 heterocycles. The molecule has 1 amide bonds. The van der Waals surface area contributed by atoms with Gasteiger partial charge in [0.05, 0.1) is 23.2 Å². The number of aliphatic carboxylic acids is 1. The Balaban J connectivity index is 0.000000360. The number of rotatable bonds is 4. The normalized spacial score (nSPS) is 19.3. The number of aromatic nitrogens is 2. The number of amides is 1. The summed E-state index contributed by atoms with van der Waals surface area (Å²) in [5, 5.41) is 7.12. The second-order valence-electron chi connectivity index (χ2n) is 7.87. The lowest BCUT2D eigenvalue weighted by atomic mass is 9.92. The SMILES string of the molecule is Cc1cccc(COC2CSC3(C2)CN(C(=O)c2cccn2C)C3)n1.O=C(O)C(F)(F)F. The van der Waals surface area contributed by atoms with Crippen LogP contribution in [0.25, 0.3) is 0 Å². The van der Waals surface area contributed by atoms with Crippen LogP contribution in [0.15, 0.2) is 36.5 Å². The third kappa shape index (κ3) is 5.83. The summed E-state index contributed by atoms with van der Waals surface area (Å²) in [5.74, 6) is -1.63. The number of likely N-dealkylation sites (tertiary alicyclic amines) is 1. The lowest BCUT2D eigenvalue weighted by molar-refractivity contribution is -0.192. The van der Waals surface area contributed by atoms with Crippen LogP contribution in [0.1, 0.15) is 28.3 Å². The van der Waals surface area contributed by atoms with Gasteiger partial charge in [0.25, 0.3) is 5.91 Å². The van der Waals surface area contributed by atoms with Gasteiger partial charge in [0.2, 0.25) is 0 Å². The van der Waals surface area contributed by atoms with Gasteiger partial charge in [-0.3, -0.25) is 9.78 Å². The Labute approximate surface area is 187 Å². The summed E-state index contributed by atoms with van der Waals surface area (Å²) in [5.41, 5.74) is 2.77. The first kappa shape index (κ1) is 24.1. The highest BCUT2D eigenvalue weighted by atomic mass is 32.2. The first-order chi connectivity index (χ1) is 15.0.